The molecule has 0 aliphatic carbocycles. The Morgan fingerprint density at radius 2 is 2.29 bits per heavy atom. The van der Waals surface area contributed by atoms with Crippen LogP contribution in [0.25, 0.3) is 0 Å². The monoisotopic (exact) mass is 272 g/mol. The Balaban J connectivity index is 2.44. The van der Waals surface area contributed by atoms with E-state index in [2.05, 4.69) is 12.2 Å². The van der Waals surface area contributed by atoms with Crippen molar-refractivity contribution >= 4 is 35.0 Å². The highest BCUT2D eigenvalue weighted by Gasteiger charge is 2.09. The average molecular weight is 273 g/mol. The Morgan fingerprint density at radius 1 is 1.53 bits per heavy atom. The van der Waals surface area contributed by atoms with Crippen molar-refractivity contribution in [2.75, 3.05) is 23.8 Å². The first-order valence-corrected chi connectivity index (χ1v) is 7.09. The van der Waals surface area contributed by atoms with E-state index in [9.17, 15) is 4.79 Å². The summed E-state index contributed by atoms with van der Waals surface area (Å²) < 4.78 is 0. The Bertz CT molecular complexity index is 385. The third-order valence-corrected chi connectivity index (χ3v) is 3.44. The fourth-order valence-corrected chi connectivity index (χ4v) is 2.15. The molecule has 5 heteroatoms. The SMILES string of the molecule is CCSCCCNC(=O)c1cc(Cl)ccc1N. The van der Waals surface area contributed by atoms with Gasteiger partial charge in [-0.15, -0.1) is 0 Å². The molecular formula is C12H17ClN2OS. The highest BCUT2D eigenvalue weighted by molar-refractivity contribution is 7.99. The van der Waals surface area contributed by atoms with E-state index in [0.717, 1.165) is 17.9 Å². The quantitative estimate of drug-likeness (QED) is 0.618. The summed E-state index contributed by atoms with van der Waals surface area (Å²) in [6.45, 7) is 2.79. The Hall–Kier alpha value is -0.870. The van der Waals surface area contributed by atoms with Gasteiger partial charge in [0.05, 0.1) is 5.56 Å². The van der Waals surface area contributed by atoms with Gasteiger partial charge in [-0.25, -0.2) is 0 Å². The summed E-state index contributed by atoms with van der Waals surface area (Å²) in [5.41, 5.74) is 6.62. The minimum atomic E-state index is -0.161. The zero-order chi connectivity index (χ0) is 12.7. The molecule has 0 aliphatic heterocycles. The standard InChI is InChI=1S/C12H17ClN2OS/c1-2-17-7-3-6-15-12(16)10-8-9(13)4-5-11(10)14/h4-5,8H,2-3,6-7,14H2,1H3,(H,15,16). The fraction of sp³-hybridized carbons (Fsp3) is 0.417. The first-order chi connectivity index (χ1) is 8.15. The molecule has 1 aromatic carbocycles. The van der Waals surface area contributed by atoms with Crippen LogP contribution in [0.15, 0.2) is 18.2 Å². The molecule has 0 saturated heterocycles. The number of nitrogens with one attached hydrogen (secondary N) is 1. The fourth-order valence-electron chi connectivity index (χ4n) is 1.34. The number of nitrogens with two attached hydrogens (primary N) is 1. The topological polar surface area (TPSA) is 55.1 Å². The maximum Gasteiger partial charge on any atom is 0.253 e. The maximum absolute atomic E-state index is 11.8. The van der Waals surface area contributed by atoms with E-state index in [0.29, 0.717) is 22.8 Å². The van der Waals surface area contributed by atoms with Crippen LogP contribution in [0.2, 0.25) is 5.02 Å². The normalized spacial score (nSPS) is 10.2. The molecule has 0 spiro atoms. The van der Waals surface area contributed by atoms with Gasteiger partial charge in [-0.3, -0.25) is 4.79 Å². The Labute approximate surface area is 111 Å². The van der Waals surface area contributed by atoms with Gasteiger partial charge in [0.2, 0.25) is 0 Å². The summed E-state index contributed by atoms with van der Waals surface area (Å²) in [5, 5.41) is 3.35. The molecule has 17 heavy (non-hydrogen) atoms. The van der Waals surface area contributed by atoms with Crippen LogP contribution in [0.3, 0.4) is 0 Å². The van der Waals surface area contributed by atoms with Crippen LogP contribution in [0.5, 0.6) is 0 Å². The zero-order valence-corrected chi connectivity index (χ0v) is 11.4. The van der Waals surface area contributed by atoms with Gasteiger partial charge in [0, 0.05) is 17.3 Å². The Kier molecular flexibility index (Phi) is 6.22. The van der Waals surface area contributed by atoms with E-state index in [1.165, 1.54) is 0 Å². The molecule has 1 rings (SSSR count). The van der Waals surface area contributed by atoms with E-state index < -0.39 is 0 Å². The van der Waals surface area contributed by atoms with Crippen molar-refractivity contribution in [3.63, 3.8) is 0 Å². The van der Waals surface area contributed by atoms with Crippen molar-refractivity contribution in [3.05, 3.63) is 28.8 Å². The molecule has 0 aliphatic rings. The van der Waals surface area contributed by atoms with Gasteiger partial charge in [0.1, 0.15) is 0 Å². The van der Waals surface area contributed by atoms with Crippen molar-refractivity contribution in [1.29, 1.82) is 0 Å². The predicted molar refractivity (Wildman–Crippen MR) is 75.8 cm³/mol. The summed E-state index contributed by atoms with van der Waals surface area (Å²) in [5.74, 6) is 2.00. The molecule has 0 bridgehead atoms. The predicted octanol–water partition coefficient (Wildman–Crippen LogP) is 2.80. The number of nitrogen functional groups attached to an aromatic ring is 1. The average Bonchev–Trinajstić information content (AvgIpc) is 2.32. The molecule has 0 radical (unpaired) electrons. The van der Waals surface area contributed by atoms with Crippen LogP contribution in [-0.2, 0) is 0 Å². The number of carbonyl (C=O) groups is 1. The summed E-state index contributed by atoms with van der Waals surface area (Å²) >= 11 is 7.69. The smallest absolute Gasteiger partial charge is 0.253 e. The molecule has 0 fully saturated rings. The van der Waals surface area contributed by atoms with Crippen LogP contribution in [0, 0.1) is 0 Å². The molecular weight excluding hydrogens is 256 g/mol. The van der Waals surface area contributed by atoms with Gasteiger partial charge in [0.15, 0.2) is 0 Å². The molecule has 94 valence electrons. The third kappa shape index (κ3) is 4.88. The first-order valence-electron chi connectivity index (χ1n) is 5.56. The number of anilines is 1. The van der Waals surface area contributed by atoms with Crippen LogP contribution in [0.4, 0.5) is 5.69 Å². The second-order valence-electron chi connectivity index (χ2n) is 3.54. The van der Waals surface area contributed by atoms with Crippen molar-refractivity contribution in [2.45, 2.75) is 13.3 Å². The van der Waals surface area contributed by atoms with Crippen LogP contribution in [-0.4, -0.2) is 24.0 Å². The summed E-state index contributed by atoms with van der Waals surface area (Å²) in [4.78, 5) is 11.8. The minimum Gasteiger partial charge on any atom is -0.398 e. The second-order valence-corrected chi connectivity index (χ2v) is 5.37. The lowest BCUT2D eigenvalue weighted by molar-refractivity contribution is 0.0954. The van der Waals surface area contributed by atoms with E-state index >= 15 is 0 Å². The van der Waals surface area contributed by atoms with Crippen LogP contribution >= 0.6 is 23.4 Å². The lowest BCUT2D eigenvalue weighted by atomic mass is 10.1. The van der Waals surface area contributed by atoms with Crippen LogP contribution in [0.1, 0.15) is 23.7 Å². The molecule has 0 saturated carbocycles. The molecule has 0 atom stereocenters. The molecule has 0 heterocycles. The number of hydrogen-bond acceptors (Lipinski definition) is 3. The van der Waals surface area contributed by atoms with Gasteiger partial charge in [-0.1, -0.05) is 18.5 Å². The zero-order valence-electron chi connectivity index (χ0n) is 9.83. The minimum absolute atomic E-state index is 0.161. The summed E-state index contributed by atoms with van der Waals surface area (Å²) in [6, 6.07) is 4.91. The van der Waals surface area contributed by atoms with E-state index in [1.54, 1.807) is 18.2 Å². The van der Waals surface area contributed by atoms with Gasteiger partial charge in [0.25, 0.3) is 5.91 Å². The van der Waals surface area contributed by atoms with Crippen molar-refractivity contribution < 1.29 is 4.79 Å². The summed E-state index contributed by atoms with van der Waals surface area (Å²) in [7, 11) is 0. The second kappa shape index (κ2) is 7.45. The molecule has 3 nitrogen and oxygen atoms in total. The van der Waals surface area contributed by atoms with Gasteiger partial charge in [-0.2, -0.15) is 11.8 Å². The largest absolute Gasteiger partial charge is 0.398 e. The molecule has 0 unspecified atom stereocenters. The van der Waals surface area contributed by atoms with Crippen molar-refractivity contribution in [3.8, 4) is 0 Å². The number of benzene rings is 1. The first kappa shape index (κ1) is 14.2. The molecule has 1 aromatic rings. The highest BCUT2D eigenvalue weighted by atomic mass is 35.5. The number of hydrogen-bond donors (Lipinski definition) is 2. The number of thioether (sulfide) groups is 1. The third-order valence-electron chi connectivity index (χ3n) is 2.22. The number of amides is 1. The lowest BCUT2D eigenvalue weighted by Gasteiger charge is -2.07. The molecule has 3 N–H and O–H groups in total. The summed E-state index contributed by atoms with van der Waals surface area (Å²) in [6.07, 6.45) is 0.963. The van der Waals surface area contributed by atoms with Gasteiger partial charge in [-0.05, 0) is 36.1 Å². The maximum atomic E-state index is 11.8. The number of rotatable bonds is 6. The number of halogens is 1. The van der Waals surface area contributed by atoms with Gasteiger partial charge < -0.3 is 11.1 Å². The molecule has 0 aromatic heterocycles. The van der Waals surface area contributed by atoms with E-state index in [1.807, 2.05) is 11.8 Å². The van der Waals surface area contributed by atoms with Crippen LogP contribution < -0.4 is 11.1 Å². The molecule has 1 amide bonds. The highest BCUT2D eigenvalue weighted by Crippen LogP contribution is 2.17. The Morgan fingerprint density at radius 3 is 3.00 bits per heavy atom. The van der Waals surface area contributed by atoms with Crippen molar-refractivity contribution in [1.82, 2.24) is 5.32 Å². The lowest BCUT2D eigenvalue weighted by Crippen LogP contribution is -2.25. The van der Waals surface area contributed by atoms with E-state index in [4.69, 9.17) is 17.3 Å². The van der Waals surface area contributed by atoms with E-state index in [-0.39, 0.29) is 5.91 Å². The van der Waals surface area contributed by atoms with Crippen molar-refractivity contribution in [2.24, 2.45) is 0 Å². The van der Waals surface area contributed by atoms with Gasteiger partial charge >= 0.3 is 0 Å². The number of carbonyl (C=O) groups excluding carboxylic acids is 1.